The Morgan fingerprint density at radius 3 is 0.750 bits per heavy atom. The summed E-state index contributed by atoms with van der Waals surface area (Å²) in [5.41, 5.74) is 5.66. The van der Waals surface area contributed by atoms with Crippen molar-refractivity contribution < 1.29 is 49.8 Å². The molecule has 0 heterocycles. The van der Waals surface area contributed by atoms with E-state index in [1.54, 1.807) is 135 Å². The van der Waals surface area contributed by atoms with Crippen molar-refractivity contribution in [3.63, 3.8) is 0 Å². The Morgan fingerprint density at radius 1 is 0.294 bits per heavy atom. The Labute approximate surface area is 387 Å². The molecule has 0 radical (unpaired) electrons. The maximum atomic E-state index is 13.1. The van der Waals surface area contributed by atoms with Crippen LogP contribution in [-0.2, 0) is 0 Å². The molecule has 0 aromatic heterocycles. The number of phenolic OH excluding ortho intramolecular Hbond substituents is 2. The lowest BCUT2D eigenvalue weighted by atomic mass is 9.80. The third-order valence-electron chi connectivity index (χ3n) is 13.1. The van der Waals surface area contributed by atoms with Crippen LogP contribution in [0.25, 0.3) is 98.7 Å². The fourth-order valence-electron chi connectivity index (χ4n) is 10.00. The van der Waals surface area contributed by atoms with Gasteiger partial charge < -0.3 is 30.6 Å². The number of rotatable bonds is 9. The van der Waals surface area contributed by atoms with Gasteiger partial charge in [0.05, 0.1) is 22.3 Å². The Kier molecular flexibility index (Phi) is 10.2. The van der Waals surface area contributed by atoms with Crippen molar-refractivity contribution >= 4 is 67.0 Å². The van der Waals surface area contributed by atoms with Crippen LogP contribution in [0.4, 0.5) is 0 Å². The zero-order valence-electron chi connectivity index (χ0n) is 36.3. The predicted octanol–water partition coefficient (Wildman–Crippen LogP) is 13.5. The van der Waals surface area contributed by atoms with E-state index in [2.05, 4.69) is 0 Å². The van der Waals surface area contributed by atoms with Crippen molar-refractivity contribution in [2.24, 2.45) is 0 Å². The van der Waals surface area contributed by atoms with Crippen LogP contribution in [-0.4, -0.2) is 54.5 Å². The Hall–Kier alpha value is -9.28. The van der Waals surface area contributed by atoms with Gasteiger partial charge in [0.15, 0.2) is 0 Å². The number of hydrogen-bond donors (Lipinski definition) is 6. The fraction of sp³-hybridized carbons (Fsp3) is 0.0345. The van der Waals surface area contributed by atoms with Crippen LogP contribution in [0, 0.1) is 13.8 Å². The highest BCUT2D eigenvalue weighted by Gasteiger charge is 2.29. The topological polar surface area (TPSA) is 190 Å². The van der Waals surface area contributed by atoms with Gasteiger partial charge >= 0.3 is 23.9 Å². The van der Waals surface area contributed by atoms with Gasteiger partial charge in [-0.2, -0.15) is 0 Å². The number of carboxylic acids is 4. The van der Waals surface area contributed by atoms with Crippen LogP contribution < -0.4 is 0 Å². The largest absolute Gasteiger partial charge is 0.507 e. The minimum Gasteiger partial charge on any atom is -0.507 e. The first-order chi connectivity index (χ1) is 32.8. The smallest absolute Gasteiger partial charge is 0.336 e. The second-order valence-electron chi connectivity index (χ2n) is 16.7. The molecule has 0 saturated carbocycles. The van der Waals surface area contributed by atoms with E-state index in [4.69, 9.17) is 0 Å². The van der Waals surface area contributed by atoms with Crippen molar-refractivity contribution in [3.05, 3.63) is 191 Å². The number of carboxylic acid groups (broad SMARTS) is 4. The highest BCUT2D eigenvalue weighted by Crippen LogP contribution is 2.54. The maximum absolute atomic E-state index is 13.1. The molecule has 0 amide bonds. The molecule has 0 aliphatic rings. The molecule has 0 saturated heterocycles. The molecule has 0 unspecified atom stereocenters. The highest BCUT2D eigenvalue weighted by atomic mass is 16.4. The summed E-state index contributed by atoms with van der Waals surface area (Å²) in [5, 5.41) is 71.2. The quantitative estimate of drug-likeness (QED) is 0.0813. The molecule has 0 bridgehead atoms. The molecule has 330 valence electrons. The summed E-state index contributed by atoms with van der Waals surface area (Å²) in [6.07, 6.45) is 0. The summed E-state index contributed by atoms with van der Waals surface area (Å²) in [6.45, 7) is 3.61. The van der Waals surface area contributed by atoms with Gasteiger partial charge in [-0.1, -0.05) is 121 Å². The lowest BCUT2D eigenvalue weighted by Crippen LogP contribution is -2.02. The summed E-state index contributed by atoms with van der Waals surface area (Å²) in [6, 6.07) is 44.4. The number of fused-ring (bicyclic) bond motifs is 4. The predicted molar refractivity (Wildman–Crippen MR) is 264 cm³/mol. The minimum absolute atomic E-state index is 0.0553. The number of carbonyl (C=O) groups is 4. The molecule has 0 aliphatic heterocycles. The van der Waals surface area contributed by atoms with Gasteiger partial charge in [0, 0.05) is 22.3 Å². The first kappa shape index (κ1) is 42.7. The second kappa shape index (κ2) is 16.3. The van der Waals surface area contributed by atoms with Crippen LogP contribution in [0.1, 0.15) is 52.6 Å². The van der Waals surface area contributed by atoms with E-state index in [9.17, 15) is 49.8 Å². The summed E-state index contributed by atoms with van der Waals surface area (Å²) in [7, 11) is 0. The molecule has 10 aromatic rings. The molecule has 10 rings (SSSR count). The van der Waals surface area contributed by atoms with E-state index in [1.165, 1.54) is 24.3 Å². The van der Waals surface area contributed by atoms with E-state index in [0.717, 1.165) is 0 Å². The van der Waals surface area contributed by atoms with Crippen LogP contribution in [0.15, 0.2) is 158 Å². The van der Waals surface area contributed by atoms with Gasteiger partial charge in [-0.05, 0) is 138 Å². The molecule has 10 aromatic carbocycles. The summed E-state index contributed by atoms with van der Waals surface area (Å²) >= 11 is 0. The van der Waals surface area contributed by atoms with Gasteiger partial charge in [0.2, 0.25) is 0 Å². The molecule has 68 heavy (non-hydrogen) atoms. The molecule has 6 N–H and O–H groups in total. The Balaban J connectivity index is 1.39. The second-order valence-corrected chi connectivity index (χ2v) is 16.7. The van der Waals surface area contributed by atoms with Crippen molar-refractivity contribution in [3.8, 4) is 67.1 Å². The number of hydrogen-bond acceptors (Lipinski definition) is 6. The van der Waals surface area contributed by atoms with E-state index in [1.807, 2.05) is 12.1 Å². The highest BCUT2D eigenvalue weighted by molar-refractivity contribution is 6.15. The SMILES string of the molecule is Cc1c(-c2ccc(C(=O)O)c3ccccc23)cc(-c2ccc(C(=O)O)c3ccccc23)c(O)c1-c1c(C)c(-c2ccc(C(=O)O)c3ccccc23)cc(-c2ccc(C(=O)O)c3ccccc23)c1O. The van der Waals surface area contributed by atoms with E-state index < -0.39 is 23.9 Å². The van der Waals surface area contributed by atoms with Gasteiger partial charge in [0.1, 0.15) is 11.5 Å². The average Bonchev–Trinajstić information content (AvgIpc) is 3.34. The van der Waals surface area contributed by atoms with Crippen LogP contribution in [0.2, 0.25) is 0 Å². The van der Waals surface area contributed by atoms with Gasteiger partial charge in [-0.15, -0.1) is 0 Å². The zero-order valence-corrected chi connectivity index (χ0v) is 36.3. The average molecular weight is 895 g/mol. The summed E-state index contributed by atoms with van der Waals surface area (Å²) in [5.74, 6) is -4.98. The normalized spacial score (nSPS) is 11.4. The first-order valence-corrected chi connectivity index (χ1v) is 21.5. The van der Waals surface area contributed by atoms with Crippen molar-refractivity contribution in [1.82, 2.24) is 0 Å². The first-order valence-electron chi connectivity index (χ1n) is 21.5. The molecule has 0 aliphatic carbocycles. The van der Waals surface area contributed by atoms with Crippen LogP contribution in [0.5, 0.6) is 11.5 Å². The Bertz CT molecular complexity index is 3370. The lowest BCUT2D eigenvalue weighted by molar-refractivity contribution is 0.0688. The number of benzene rings is 10. The molecule has 10 nitrogen and oxygen atoms in total. The van der Waals surface area contributed by atoms with E-state index in [-0.39, 0.29) is 44.9 Å². The molecule has 0 atom stereocenters. The number of aromatic carboxylic acids is 4. The molecular formula is C58H38O10. The van der Waals surface area contributed by atoms with Crippen LogP contribution in [0.3, 0.4) is 0 Å². The summed E-state index contributed by atoms with van der Waals surface area (Å²) < 4.78 is 0. The lowest BCUT2D eigenvalue weighted by Gasteiger charge is -2.25. The molecule has 0 spiro atoms. The molecular weight excluding hydrogens is 857 g/mol. The number of aromatic hydroxyl groups is 2. The molecule has 10 heteroatoms. The fourth-order valence-corrected chi connectivity index (χ4v) is 10.00. The van der Waals surface area contributed by atoms with Gasteiger partial charge in [-0.3, -0.25) is 0 Å². The van der Waals surface area contributed by atoms with Crippen molar-refractivity contribution in [2.45, 2.75) is 13.8 Å². The van der Waals surface area contributed by atoms with Gasteiger partial charge in [0.25, 0.3) is 0 Å². The standard InChI is InChI=1S/C58H38O10/c1-29-47(39-19-23-43(55(61)62)35-15-7-3-11-31(35)39)27-49(41-21-25-45(57(65)66)37-17-9-5-13-33(37)41)53(59)51(29)52-30(2)48(40-20-24-44(56(63)64)36-16-8-4-12-32(36)40)28-50(54(52)60)42-22-26-46(58(67)68)38-18-10-6-14-34(38)42/h3-28,59-60H,1-2H3,(H,61,62)(H,63,64)(H,65,66)(H,67,68). The molecule has 0 fully saturated rings. The third kappa shape index (κ3) is 6.65. The Morgan fingerprint density at radius 2 is 0.515 bits per heavy atom. The van der Waals surface area contributed by atoms with Crippen molar-refractivity contribution in [1.29, 1.82) is 0 Å². The zero-order chi connectivity index (χ0) is 47.7. The third-order valence-corrected chi connectivity index (χ3v) is 13.1. The monoisotopic (exact) mass is 894 g/mol. The van der Waals surface area contributed by atoms with Gasteiger partial charge in [-0.25, -0.2) is 19.2 Å². The van der Waals surface area contributed by atoms with Crippen molar-refractivity contribution in [2.75, 3.05) is 0 Å². The van der Waals surface area contributed by atoms with E-state index in [0.29, 0.717) is 98.7 Å². The van der Waals surface area contributed by atoms with Crippen LogP contribution >= 0.6 is 0 Å². The maximum Gasteiger partial charge on any atom is 0.336 e. The van der Waals surface area contributed by atoms with E-state index >= 15 is 0 Å². The summed E-state index contributed by atoms with van der Waals surface area (Å²) in [4.78, 5) is 50.1. The minimum atomic E-state index is -1.13. The number of phenols is 2.